The first kappa shape index (κ1) is 15.0. The molecule has 0 aliphatic heterocycles. The second-order valence-corrected chi connectivity index (χ2v) is 4.85. The second kappa shape index (κ2) is 5.91. The molecule has 1 amide bonds. The predicted octanol–water partition coefficient (Wildman–Crippen LogP) is 3.35. The lowest BCUT2D eigenvalue weighted by molar-refractivity contribution is 0.0938. The Hall–Kier alpha value is -2.43. The van der Waals surface area contributed by atoms with Crippen molar-refractivity contribution in [2.24, 2.45) is 0 Å². The molecule has 0 aliphatic rings. The van der Waals surface area contributed by atoms with E-state index in [2.05, 4.69) is 5.32 Å². The van der Waals surface area contributed by atoms with E-state index in [9.17, 15) is 13.6 Å². The van der Waals surface area contributed by atoms with Crippen LogP contribution in [0.15, 0.2) is 36.4 Å². The normalized spacial score (nSPS) is 12.0. The molecule has 3 nitrogen and oxygen atoms in total. The molecule has 0 saturated heterocycles. The van der Waals surface area contributed by atoms with Crippen LogP contribution in [0.25, 0.3) is 0 Å². The van der Waals surface area contributed by atoms with Gasteiger partial charge in [0.25, 0.3) is 5.91 Å². The topological polar surface area (TPSA) is 55.1 Å². The summed E-state index contributed by atoms with van der Waals surface area (Å²) in [6, 6.07) is 7.77. The molecule has 0 spiro atoms. The predicted molar refractivity (Wildman–Crippen MR) is 77.8 cm³/mol. The van der Waals surface area contributed by atoms with E-state index in [0.29, 0.717) is 16.8 Å². The van der Waals surface area contributed by atoms with Crippen LogP contribution in [-0.2, 0) is 0 Å². The third-order valence-electron chi connectivity index (χ3n) is 3.40. The van der Waals surface area contributed by atoms with Crippen molar-refractivity contribution in [3.63, 3.8) is 0 Å². The van der Waals surface area contributed by atoms with Crippen molar-refractivity contribution in [1.29, 1.82) is 0 Å². The van der Waals surface area contributed by atoms with Crippen LogP contribution in [0, 0.1) is 18.6 Å². The zero-order valence-electron chi connectivity index (χ0n) is 11.8. The minimum atomic E-state index is -0.792. The first-order valence-electron chi connectivity index (χ1n) is 6.51. The Morgan fingerprint density at radius 2 is 1.71 bits per heavy atom. The van der Waals surface area contributed by atoms with Crippen LogP contribution >= 0.6 is 0 Å². The van der Waals surface area contributed by atoms with Crippen LogP contribution in [-0.4, -0.2) is 5.91 Å². The molecule has 1 unspecified atom stereocenters. The third kappa shape index (κ3) is 3.02. The number of hydrogen-bond donors (Lipinski definition) is 2. The van der Waals surface area contributed by atoms with Gasteiger partial charge in [0, 0.05) is 16.8 Å². The number of anilines is 1. The summed E-state index contributed by atoms with van der Waals surface area (Å²) in [5.41, 5.74) is 7.10. The molecule has 0 radical (unpaired) electrons. The molecule has 0 bridgehead atoms. The molecule has 3 N–H and O–H groups in total. The van der Waals surface area contributed by atoms with Gasteiger partial charge in [-0.3, -0.25) is 4.79 Å². The number of rotatable bonds is 3. The quantitative estimate of drug-likeness (QED) is 0.852. The fourth-order valence-electron chi connectivity index (χ4n) is 2.17. The number of nitrogens with two attached hydrogens (primary N) is 1. The van der Waals surface area contributed by atoms with Gasteiger partial charge in [0.1, 0.15) is 11.6 Å². The van der Waals surface area contributed by atoms with Gasteiger partial charge in [0.2, 0.25) is 0 Å². The first-order valence-corrected chi connectivity index (χ1v) is 6.51. The summed E-state index contributed by atoms with van der Waals surface area (Å²) in [5, 5.41) is 2.59. The number of carbonyl (C=O) groups excluding carboxylic acids is 1. The third-order valence-corrected chi connectivity index (χ3v) is 3.40. The Morgan fingerprint density at radius 1 is 1.14 bits per heavy atom. The van der Waals surface area contributed by atoms with Crippen LogP contribution in [0.1, 0.15) is 34.5 Å². The number of hydrogen-bond acceptors (Lipinski definition) is 2. The van der Waals surface area contributed by atoms with Crippen LogP contribution in [0.4, 0.5) is 14.5 Å². The van der Waals surface area contributed by atoms with E-state index in [0.717, 1.165) is 12.1 Å². The van der Waals surface area contributed by atoms with E-state index in [1.807, 2.05) is 0 Å². The fraction of sp³-hybridized carbons (Fsp3) is 0.188. The van der Waals surface area contributed by atoms with Gasteiger partial charge < -0.3 is 11.1 Å². The van der Waals surface area contributed by atoms with Gasteiger partial charge in [-0.1, -0.05) is 12.1 Å². The average molecular weight is 290 g/mol. The zero-order chi connectivity index (χ0) is 15.6. The van der Waals surface area contributed by atoms with Gasteiger partial charge in [0.15, 0.2) is 0 Å². The smallest absolute Gasteiger partial charge is 0.252 e. The SMILES string of the molecule is Cc1c(N)cccc1C(=O)NC(C)c1c(F)cccc1F. The lowest BCUT2D eigenvalue weighted by atomic mass is 10.0. The minimum absolute atomic E-state index is 0.160. The maximum atomic E-state index is 13.7. The van der Waals surface area contributed by atoms with E-state index in [1.165, 1.54) is 13.0 Å². The molecule has 110 valence electrons. The van der Waals surface area contributed by atoms with Crippen molar-refractivity contribution < 1.29 is 13.6 Å². The Labute approximate surface area is 121 Å². The van der Waals surface area contributed by atoms with Crippen molar-refractivity contribution in [2.45, 2.75) is 19.9 Å². The van der Waals surface area contributed by atoms with Gasteiger partial charge in [0.05, 0.1) is 6.04 Å². The van der Waals surface area contributed by atoms with Gasteiger partial charge in [-0.15, -0.1) is 0 Å². The number of benzene rings is 2. The van der Waals surface area contributed by atoms with Gasteiger partial charge >= 0.3 is 0 Å². The Balaban J connectivity index is 2.25. The van der Waals surface area contributed by atoms with Gasteiger partial charge in [-0.25, -0.2) is 8.78 Å². The van der Waals surface area contributed by atoms with Gasteiger partial charge in [-0.05, 0) is 43.7 Å². The van der Waals surface area contributed by atoms with Gasteiger partial charge in [-0.2, -0.15) is 0 Å². The monoisotopic (exact) mass is 290 g/mol. The standard InChI is InChI=1S/C16H16F2N2O/c1-9-11(5-3-8-14(9)19)16(21)20-10(2)15-12(17)6-4-7-13(15)18/h3-8,10H,19H2,1-2H3,(H,20,21). The molecule has 2 rings (SSSR count). The number of nitrogen functional groups attached to an aromatic ring is 1. The summed E-state index contributed by atoms with van der Waals surface area (Å²) in [6.07, 6.45) is 0. The van der Waals surface area contributed by atoms with Crippen molar-refractivity contribution in [3.8, 4) is 0 Å². The van der Waals surface area contributed by atoms with Crippen LogP contribution < -0.4 is 11.1 Å². The number of nitrogens with one attached hydrogen (secondary N) is 1. The maximum absolute atomic E-state index is 13.7. The molecular weight excluding hydrogens is 274 g/mol. The molecule has 0 fully saturated rings. The van der Waals surface area contributed by atoms with Crippen molar-refractivity contribution in [3.05, 3.63) is 64.7 Å². The average Bonchev–Trinajstić information content (AvgIpc) is 2.41. The lowest BCUT2D eigenvalue weighted by Crippen LogP contribution is -2.28. The molecule has 21 heavy (non-hydrogen) atoms. The van der Waals surface area contributed by atoms with Crippen LogP contribution in [0.5, 0.6) is 0 Å². The Bertz CT molecular complexity index is 666. The lowest BCUT2D eigenvalue weighted by Gasteiger charge is -2.17. The molecule has 0 aromatic heterocycles. The highest BCUT2D eigenvalue weighted by molar-refractivity contribution is 5.97. The van der Waals surface area contributed by atoms with E-state index in [4.69, 9.17) is 5.73 Å². The molecule has 1 atom stereocenters. The zero-order valence-corrected chi connectivity index (χ0v) is 11.8. The number of amides is 1. The van der Waals surface area contributed by atoms with Crippen molar-refractivity contribution in [1.82, 2.24) is 5.32 Å². The Kier molecular flexibility index (Phi) is 4.21. The van der Waals surface area contributed by atoms with E-state index in [1.54, 1.807) is 25.1 Å². The van der Waals surface area contributed by atoms with E-state index >= 15 is 0 Å². The molecule has 2 aromatic rings. The molecular formula is C16H16F2N2O. The molecule has 0 aliphatic carbocycles. The summed E-state index contributed by atoms with van der Waals surface area (Å²) in [6.45, 7) is 3.25. The molecule has 0 heterocycles. The summed E-state index contributed by atoms with van der Waals surface area (Å²) < 4.78 is 27.4. The molecule has 0 saturated carbocycles. The first-order chi connectivity index (χ1) is 9.91. The molecule has 2 aromatic carbocycles. The summed E-state index contributed by atoms with van der Waals surface area (Å²) >= 11 is 0. The highest BCUT2D eigenvalue weighted by atomic mass is 19.1. The summed E-state index contributed by atoms with van der Waals surface area (Å²) in [5.74, 6) is -1.80. The Morgan fingerprint density at radius 3 is 2.33 bits per heavy atom. The minimum Gasteiger partial charge on any atom is -0.398 e. The number of carbonyl (C=O) groups is 1. The molecule has 5 heteroatoms. The largest absolute Gasteiger partial charge is 0.398 e. The van der Waals surface area contributed by atoms with E-state index < -0.39 is 23.6 Å². The maximum Gasteiger partial charge on any atom is 0.252 e. The second-order valence-electron chi connectivity index (χ2n) is 4.85. The van der Waals surface area contributed by atoms with Crippen molar-refractivity contribution in [2.75, 3.05) is 5.73 Å². The highest BCUT2D eigenvalue weighted by Crippen LogP contribution is 2.22. The fourth-order valence-corrected chi connectivity index (χ4v) is 2.17. The van der Waals surface area contributed by atoms with Crippen LogP contribution in [0.2, 0.25) is 0 Å². The summed E-state index contributed by atoms with van der Waals surface area (Å²) in [4.78, 5) is 12.2. The van der Waals surface area contributed by atoms with Crippen molar-refractivity contribution >= 4 is 11.6 Å². The van der Waals surface area contributed by atoms with E-state index in [-0.39, 0.29) is 5.56 Å². The van der Waals surface area contributed by atoms with Crippen LogP contribution in [0.3, 0.4) is 0 Å². The highest BCUT2D eigenvalue weighted by Gasteiger charge is 2.19. The summed E-state index contributed by atoms with van der Waals surface area (Å²) in [7, 11) is 0. The number of halogens is 2.